The fraction of sp³-hybridized carbons (Fsp3) is 0.250. The van der Waals surface area contributed by atoms with Crippen molar-refractivity contribution >= 4 is 16.9 Å². The van der Waals surface area contributed by atoms with Gasteiger partial charge >= 0.3 is 0 Å². The molecule has 6 heteroatoms. The van der Waals surface area contributed by atoms with Crippen molar-refractivity contribution in [2.24, 2.45) is 0 Å². The number of nitrogens with one attached hydrogen (secondary N) is 2. The van der Waals surface area contributed by atoms with Gasteiger partial charge in [0.05, 0.1) is 19.0 Å². The molecule has 22 heavy (non-hydrogen) atoms. The van der Waals surface area contributed by atoms with Crippen molar-refractivity contribution in [1.82, 2.24) is 15.0 Å². The van der Waals surface area contributed by atoms with Crippen LogP contribution in [0.25, 0.3) is 11.0 Å². The Balaban J connectivity index is 1.55. The molecule has 0 saturated heterocycles. The lowest BCUT2D eigenvalue weighted by Gasteiger charge is -2.09. The second-order valence-corrected chi connectivity index (χ2v) is 4.89. The lowest BCUT2D eigenvalue weighted by atomic mass is 10.3. The number of methoxy groups -OCH3 is 1. The molecule has 0 fully saturated rings. The molecule has 0 spiro atoms. The molecule has 1 aromatic carbocycles. The maximum absolute atomic E-state index is 5.68. The zero-order valence-corrected chi connectivity index (χ0v) is 12.6. The number of hydrogen-bond donors (Lipinski definition) is 2. The minimum atomic E-state index is 0.543. The Kier molecular flexibility index (Phi) is 4.09. The van der Waals surface area contributed by atoms with Crippen LogP contribution in [-0.4, -0.2) is 35.2 Å². The zero-order chi connectivity index (χ0) is 15.4. The Morgan fingerprint density at radius 1 is 1.14 bits per heavy atom. The first-order valence-electron chi connectivity index (χ1n) is 7.07. The Bertz CT molecular complexity index is 752. The fourth-order valence-corrected chi connectivity index (χ4v) is 2.22. The van der Waals surface area contributed by atoms with Gasteiger partial charge in [-0.3, -0.25) is 0 Å². The molecule has 0 bridgehead atoms. The number of anilines is 1. The molecule has 114 valence electrons. The molecule has 0 aliphatic rings. The molecular formula is C16H18N4O2. The van der Waals surface area contributed by atoms with E-state index in [0.29, 0.717) is 13.2 Å². The average Bonchev–Trinajstić information content (AvgIpc) is 2.93. The van der Waals surface area contributed by atoms with E-state index >= 15 is 0 Å². The molecule has 3 aromatic rings. The van der Waals surface area contributed by atoms with E-state index in [4.69, 9.17) is 9.47 Å². The van der Waals surface area contributed by atoms with Crippen LogP contribution >= 0.6 is 0 Å². The highest BCUT2D eigenvalue weighted by atomic mass is 16.5. The molecule has 6 nitrogen and oxygen atoms in total. The summed E-state index contributed by atoms with van der Waals surface area (Å²) in [7, 11) is 1.64. The molecule has 0 aliphatic carbocycles. The number of aromatic amines is 1. The maximum atomic E-state index is 5.68. The summed E-state index contributed by atoms with van der Waals surface area (Å²) in [4.78, 5) is 11.7. The minimum absolute atomic E-state index is 0.543. The highest BCUT2D eigenvalue weighted by molar-refractivity contribution is 5.87. The molecule has 0 unspecified atom stereocenters. The van der Waals surface area contributed by atoms with Gasteiger partial charge in [-0.2, -0.15) is 0 Å². The van der Waals surface area contributed by atoms with Gasteiger partial charge in [-0.1, -0.05) is 0 Å². The van der Waals surface area contributed by atoms with Gasteiger partial charge in [0.2, 0.25) is 0 Å². The summed E-state index contributed by atoms with van der Waals surface area (Å²) in [5.41, 5.74) is 1.90. The van der Waals surface area contributed by atoms with Crippen molar-refractivity contribution in [2.45, 2.75) is 6.92 Å². The number of benzene rings is 1. The number of rotatable bonds is 6. The second-order valence-electron chi connectivity index (χ2n) is 4.89. The lowest BCUT2D eigenvalue weighted by molar-refractivity contribution is 0.331. The predicted molar refractivity (Wildman–Crippen MR) is 85.6 cm³/mol. The van der Waals surface area contributed by atoms with Crippen molar-refractivity contribution in [3.63, 3.8) is 0 Å². The van der Waals surface area contributed by atoms with Gasteiger partial charge in [0.1, 0.15) is 35.9 Å². The molecule has 0 atom stereocenters. The molecule has 2 aromatic heterocycles. The summed E-state index contributed by atoms with van der Waals surface area (Å²) < 4.78 is 10.8. The molecular weight excluding hydrogens is 280 g/mol. The maximum Gasteiger partial charge on any atom is 0.143 e. The Labute approximate surface area is 128 Å². The first kappa shape index (κ1) is 14.2. The number of fused-ring (bicyclic) bond motifs is 1. The summed E-state index contributed by atoms with van der Waals surface area (Å²) in [5, 5.41) is 4.26. The first-order chi connectivity index (χ1) is 10.8. The minimum Gasteiger partial charge on any atom is -0.497 e. The monoisotopic (exact) mass is 298 g/mol. The SMILES string of the molecule is COc1ccc(OCCNc2ncnc3[nH]c(C)cc23)cc1. The van der Waals surface area contributed by atoms with Gasteiger partial charge in [-0.15, -0.1) is 0 Å². The van der Waals surface area contributed by atoms with E-state index in [1.807, 2.05) is 37.3 Å². The van der Waals surface area contributed by atoms with Gasteiger partial charge in [-0.25, -0.2) is 9.97 Å². The number of ether oxygens (including phenoxy) is 2. The van der Waals surface area contributed by atoms with Gasteiger partial charge in [0, 0.05) is 5.69 Å². The molecule has 0 radical (unpaired) electrons. The first-order valence-corrected chi connectivity index (χ1v) is 7.07. The van der Waals surface area contributed by atoms with E-state index in [1.54, 1.807) is 13.4 Å². The van der Waals surface area contributed by atoms with Crippen LogP contribution in [0.2, 0.25) is 0 Å². The molecule has 2 heterocycles. The third-order valence-corrected chi connectivity index (χ3v) is 3.28. The van der Waals surface area contributed by atoms with Crippen LogP contribution in [-0.2, 0) is 0 Å². The average molecular weight is 298 g/mol. The van der Waals surface area contributed by atoms with E-state index in [2.05, 4.69) is 20.3 Å². The zero-order valence-electron chi connectivity index (χ0n) is 12.6. The van der Waals surface area contributed by atoms with Gasteiger partial charge in [0.25, 0.3) is 0 Å². The number of H-pyrrole nitrogens is 1. The second kappa shape index (κ2) is 6.34. The molecule has 3 rings (SSSR count). The van der Waals surface area contributed by atoms with E-state index < -0.39 is 0 Å². The topological polar surface area (TPSA) is 72.1 Å². The quantitative estimate of drug-likeness (QED) is 0.685. The van der Waals surface area contributed by atoms with Crippen LogP contribution in [0.15, 0.2) is 36.7 Å². The third-order valence-electron chi connectivity index (χ3n) is 3.28. The van der Waals surface area contributed by atoms with E-state index in [1.165, 1.54) is 0 Å². The van der Waals surface area contributed by atoms with E-state index in [-0.39, 0.29) is 0 Å². The Morgan fingerprint density at radius 3 is 2.68 bits per heavy atom. The van der Waals surface area contributed by atoms with Crippen LogP contribution in [0.1, 0.15) is 5.69 Å². The van der Waals surface area contributed by atoms with Gasteiger partial charge in [-0.05, 0) is 37.3 Å². The predicted octanol–water partition coefficient (Wildman–Crippen LogP) is 2.77. The van der Waals surface area contributed by atoms with Crippen LogP contribution in [0.5, 0.6) is 11.5 Å². The molecule has 0 aliphatic heterocycles. The van der Waals surface area contributed by atoms with E-state index in [0.717, 1.165) is 34.0 Å². The summed E-state index contributed by atoms with van der Waals surface area (Å²) in [6, 6.07) is 9.55. The number of aromatic nitrogens is 3. The summed E-state index contributed by atoms with van der Waals surface area (Å²) in [5.74, 6) is 2.44. The fourth-order valence-electron chi connectivity index (χ4n) is 2.22. The van der Waals surface area contributed by atoms with Crippen LogP contribution in [0.4, 0.5) is 5.82 Å². The summed E-state index contributed by atoms with van der Waals surface area (Å²) in [6.07, 6.45) is 1.55. The van der Waals surface area contributed by atoms with Crippen LogP contribution < -0.4 is 14.8 Å². The highest BCUT2D eigenvalue weighted by Gasteiger charge is 2.05. The van der Waals surface area contributed by atoms with Crippen LogP contribution in [0, 0.1) is 6.92 Å². The van der Waals surface area contributed by atoms with Crippen molar-refractivity contribution in [1.29, 1.82) is 0 Å². The number of hydrogen-bond acceptors (Lipinski definition) is 5. The van der Waals surface area contributed by atoms with Crippen molar-refractivity contribution in [2.75, 3.05) is 25.6 Å². The smallest absolute Gasteiger partial charge is 0.143 e. The lowest BCUT2D eigenvalue weighted by Crippen LogP contribution is -2.12. The van der Waals surface area contributed by atoms with Crippen molar-refractivity contribution in [3.05, 3.63) is 42.4 Å². The molecule has 0 saturated carbocycles. The Morgan fingerprint density at radius 2 is 1.91 bits per heavy atom. The largest absolute Gasteiger partial charge is 0.497 e. The van der Waals surface area contributed by atoms with Gasteiger partial charge in [0.15, 0.2) is 0 Å². The van der Waals surface area contributed by atoms with Crippen LogP contribution in [0.3, 0.4) is 0 Å². The number of aryl methyl sites for hydroxylation is 1. The highest BCUT2D eigenvalue weighted by Crippen LogP contribution is 2.20. The summed E-state index contributed by atoms with van der Waals surface area (Å²) in [6.45, 7) is 3.20. The van der Waals surface area contributed by atoms with E-state index in [9.17, 15) is 0 Å². The molecule has 2 N–H and O–H groups in total. The van der Waals surface area contributed by atoms with Gasteiger partial charge < -0.3 is 19.8 Å². The number of nitrogens with zero attached hydrogens (tertiary/aromatic N) is 2. The van der Waals surface area contributed by atoms with Crippen molar-refractivity contribution in [3.8, 4) is 11.5 Å². The normalized spacial score (nSPS) is 10.6. The third kappa shape index (κ3) is 3.11. The molecule has 0 amide bonds. The standard InChI is InChI=1S/C16H18N4O2/c1-11-9-14-15(18-10-19-16(14)20-11)17-7-8-22-13-5-3-12(21-2)4-6-13/h3-6,9-10H,7-8H2,1-2H3,(H2,17,18,19,20). The Hall–Kier alpha value is -2.76. The van der Waals surface area contributed by atoms with Crippen molar-refractivity contribution < 1.29 is 9.47 Å². The summed E-state index contributed by atoms with van der Waals surface area (Å²) >= 11 is 0.